The van der Waals surface area contributed by atoms with Gasteiger partial charge in [-0.1, -0.05) is 38.8 Å². The first-order valence-corrected chi connectivity index (χ1v) is 8.93. The van der Waals surface area contributed by atoms with Gasteiger partial charge in [-0.15, -0.1) is 11.3 Å². The lowest BCUT2D eigenvalue weighted by molar-refractivity contribution is 0.295. The molecule has 2 aromatic carbocycles. The molecule has 3 aromatic rings. The molecule has 0 fully saturated rings. The maximum absolute atomic E-state index is 14.7. The average molecular weight is 334 g/mol. The van der Waals surface area contributed by atoms with Crippen LogP contribution in [0.5, 0.6) is 5.75 Å². The zero-order chi connectivity index (χ0) is 16.4. The van der Waals surface area contributed by atoms with E-state index < -0.39 is 0 Å². The lowest BCUT2D eigenvalue weighted by Crippen LogP contribution is -1.98. The standard InChI is InChI=1S/C19H20F2OS/c1-3-5-11-22-15-10-9-14-13-8-7-12(6-4-2)16(20)18(13)23-19(14)17(15)21/h7-10H,3-6,11H2,1-2H3. The molecular formula is C19H20F2OS. The van der Waals surface area contributed by atoms with Crippen molar-refractivity contribution in [2.45, 2.75) is 39.5 Å². The number of ether oxygens (including phenoxy) is 1. The molecule has 0 amide bonds. The van der Waals surface area contributed by atoms with Crippen molar-refractivity contribution in [3.63, 3.8) is 0 Å². The van der Waals surface area contributed by atoms with Gasteiger partial charge in [0.25, 0.3) is 0 Å². The first-order valence-electron chi connectivity index (χ1n) is 8.12. The Balaban J connectivity index is 2.11. The summed E-state index contributed by atoms with van der Waals surface area (Å²) in [5.74, 6) is -0.332. The van der Waals surface area contributed by atoms with E-state index in [1.54, 1.807) is 6.07 Å². The molecule has 0 aliphatic rings. The third-order valence-corrected chi connectivity index (χ3v) is 5.21. The van der Waals surface area contributed by atoms with Crippen molar-refractivity contribution in [2.24, 2.45) is 0 Å². The van der Waals surface area contributed by atoms with Crippen molar-refractivity contribution < 1.29 is 13.5 Å². The fraction of sp³-hybridized carbons (Fsp3) is 0.368. The van der Waals surface area contributed by atoms with E-state index in [4.69, 9.17) is 4.74 Å². The summed E-state index contributed by atoms with van der Waals surface area (Å²) in [6, 6.07) is 7.20. The van der Waals surface area contributed by atoms with E-state index in [1.165, 1.54) is 11.3 Å². The van der Waals surface area contributed by atoms with E-state index in [0.717, 1.165) is 30.0 Å². The number of halogens is 2. The van der Waals surface area contributed by atoms with E-state index in [1.807, 2.05) is 25.1 Å². The molecule has 1 aromatic heterocycles. The van der Waals surface area contributed by atoms with Crippen LogP contribution in [0.4, 0.5) is 8.78 Å². The summed E-state index contributed by atoms with van der Waals surface area (Å²) in [6.07, 6.45) is 3.47. The van der Waals surface area contributed by atoms with Gasteiger partial charge in [0, 0.05) is 10.8 Å². The molecule has 0 bridgehead atoms. The smallest absolute Gasteiger partial charge is 0.182 e. The van der Waals surface area contributed by atoms with Crippen LogP contribution < -0.4 is 4.74 Å². The SMILES string of the molecule is CCCCOc1ccc2c(sc3c(F)c(CCC)ccc32)c1F. The van der Waals surface area contributed by atoms with Gasteiger partial charge in [0.05, 0.1) is 16.0 Å². The second kappa shape index (κ2) is 6.83. The molecule has 3 rings (SSSR count). The van der Waals surface area contributed by atoms with Crippen molar-refractivity contribution in [3.05, 3.63) is 41.5 Å². The molecular weight excluding hydrogens is 314 g/mol. The number of benzene rings is 2. The highest BCUT2D eigenvalue weighted by Gasteiger charge is 2.17. The highest BCUT2D eigenvalue weighted by atomic mass is 32.1. The minimum absolute atomic E-state index is 0.210. The van der Waals surface area contributed by atoms with Gasteiger partial charge in [0.2, 0.25) is 0 Å². The second-order valence-corrected chi connectivity index (χ2v) is 6.74. The van der Waals surface area contributed by atoms with E-state index in [-0.39, 0.29) is 17.4 Å². The van der Waals surface area contributed by atoms with Gasteiger partial charge in [0.1, 0.15) is 5.82 Å². The number of hydrogen-bond donors (Lipinski definition) is 0. The molecule has 1 nitrogen and oxygen atoms in total. The molecule has 4 heteroatoms. The molecule has 1 heterocycles. The summed E-state index contributed by atoms with van der Waals surface area (Å²) >= 11 is 1.18. The molecule has 0 spiro atoms. The largest absolute Gasteiger partial charge is 0.490 e. The van der Waals surface area contributed by atoms with Crippen LogP contribution in [-0.4, -0.2) is 6.61 Å². The summed E-state index contributed by atoms with van der Waals surface area (Å²) in [5, 5.41) is 1.54. The molecule has 23 heavy (non-hydrogen) atoms. The van der Waals surface area contributed by atoms with Crippen molar-refractivity contribution in [3.8, 4) is 5.75 Å². The van der Waals surface area contributed by atoms with Crippen molar-refractivity contribution in [1.29, 1.82) is 0 Å². The highest BCUT2D eigenvalue weighted by Crippen LogP contribution is 2.40. The lowest BCUT2D eigenvalue weighted by atomic mass is 10.1. The third-order valence-electron chi connectivity index (χ3n) is 4.01. The minimum Gasteiger partial charge on any atom is -0.490 e. The summed E-state index contributed by atoms with van der Waals surface area (Å²) in [7, 11) is 0. The Morgan fingerprint density at radius 3 is 2.30 bits per heavy atom. The van der Waals surface area contributed by atoms with Gasteiger partial charge >= 0.3 is 0 Å². The van der Waals surface area contributed by atoms with Gasteiger partial charge in [-0.2, -0.15) is 0 Å². The van der Waals surface area contributed by atoms with Crippen LogP contribution in [0, 0.1) is 11.6 Å². The van der Waals surface area contributed by atoms with Crippen LogP contribution in [0.15, 0.2) is 24.3 Å². The number of unbranched alkanes of at least 4 members (excludes halogenated alkanes) is 1. The van der Waals surface area contributed by atoms with Gasteiger partial charge in [-0.25, -0.2) is 8.78 Å². The molecule has 0 saturated carbocycles. The minimum atomic E-state index is -0.378. The Morgan fingerprint density at radius 1 is 0.913 bits per heavy atom. The van der Waals surface area contributed by atoms with Gasteiger partial charge in [0.15, 0.2) is 11.6 Å². The second-order valence-electron chi connectivity index (χ2n) is 5.72. The van der Waals surface area contributed by atoms with Crippen LogP contribution in [0.2, 0.25) is 0 Å². The monoisotopic (exact) mass is 334 g/mol. The molecule has 0 unspecified atom stereocenters. The van der Waals surface area contributed by atoms with Crippen LogP contribution in [0.3, 0.4) is 0 Å². The Hall–Kier alpha value is -1.68. The summed E-state index contributed by atoms with van der Waals surface area (Å²) < 4.78 is 35.8. The lowest BCUT2D eigenvalue weighted by Gasteiger charge is -2.06. The fourth-order valence-corrected chi connectivity index (χ4v) is 3.95. The van der Waals surface area contributed by atoms with Crippen LogP contribution >= 0.6 is 11.3 Å². The van der Waals surface area contributed by atoms with Gasteiger partial charge in [-0.3, -0.25) is 0 Å². The first kappa shape index (κ1) is 16.2. The molecule has 0 saturated heterocycles. The first-order chi connectivity index (χ1) is 11.2. The molecule has 122 valence electrons. The summed E-state index contributed by atoms with van der Waals surface area (Å²) in [5.41, 5.74) is 0.700. The predicted octanol–water partition coefficient (Wildman–Crippen LogP) is 6.46. The Kier molecular flexibility index (Phi) is 4.81. The number of rotatable bonds is 6. The fourth-order valence-electron chi connectivity index (χ4n) is 2.76. The van der Waals surface area contributed by atoms with E-state index >= 15 is 0 Å². The Labute approximate surface area is 138 Å². The third kappa shape index (κ3) is 2.92. The molecule has 0 atom stereocenters. The van der Waals surface area contributed by atoms with Crippen molar-refractivity contribution in [2.75, 3.05) is 6.61 Å². The predicted molar refractivity (Wildman–Crippen MR) is 93.6 cm³/mol. The van der Waals surface area contributed by atoms with Crippen LogP contribution in [0.25, 0.3) is 20.2 Å². The van der Waals surface area contributed by atoms with Crippen LogP contribution in [0.1, 0.15) is 38.7 Å². The molecule has 0 aliphatic carbocycles. The van der Waals surface area contributed by atoms with E-state index in [0.29, 0.717) is 28.0 Å². The van der Waals surface area contributed by atoms with Crippen molar-refractivity contribution in [1.82, 2.24) is 0 Å². The molecule has 0 N–H and O–H groups in total. The number of thiophene rings is 1. The normalized spacial score (nSPS) is 11.5. The van der Waals surface area contributed by atoms with Gasteiger partial charge in [-0.05, 0) is 30.5 Å². The average Bonchev–Trinajstić information content (AvgIpc) is 2.93. The Bertz CT molecular complexity index is 838. The number of aryl methyl sites for hydroxylation is 1. The maximum Gasteiger partial charge on any atom is 0.182 e. The maximum atomic E-state index is 14.7. The number of fused-ring (bicyclic) bond motifs is 3. The van der Waals surface area contributed by atoms with Crippen molar-refractivity contribution >= 4 is 31.5 Å². The van der Waals surface area contributed by atoms with Crippen LogP contribution in [-0.2, 0) is 6.42 Å². The molecule has 0 radical (unpaired) electrons. The Morgan fingerprint density at radius 2 is 1.61 bits per heavy atom. The quantitative estimate of drug-likeness (QED) is 0.470. The zero-order valence-electron chi connectivity index (χ0n) is 13.4. The zero-order valence-corrected chi connectivity index (χ0v) is 14.2. The molecule has 0 aliphatic heterocycles. The van der Waals surface area contributed by atoms with E-state index in [2.05, 4.69) is 6.92 Å². The van der Waals surface area contributed by atoms with Gasteiger partial charge < -0.3 is 4.74 Å². The summed E-state index contributed by atoms with van der Waals surface area (Å²) in [6.45, 7) is 4.58. The van der Waals surface area contributed by atoms with E-state index in [9.17, 15) is 8.78 Å². The number of hydrogen-bond acceptors (Lipinski definition) is 2. The summed E-state index contributed by atoms with van der Waals surface area (Å²) in [4.78, 5) is 0. The topological polar surface area (TPSA) is 9.23 Å². The highest BCUT2D eigenvalue weighted by molar-refractivity contribution is 7.25.